The van der Waals surface area contributed by atoms with E-state index in [1.165, 1.54) is 25.7 Å². The molecule has 0 spiro atoms. The summed E-state index contributed by atoms with van der Waals surface area (Å²) in [7, 11) is 0. The van der Waals surface area contributed by atoms with Gasteiger partial charge in [-0.25, -0.2) is 0 Å². The van der Waals surface area contributed by atoms with Gasteiger partial charge in [0.05, 0.1) is 0 Å². The second kappa shape index (κ2) is 5.42. The zero-order valence-corrected chi connectivity index (χ0v) is 9.68. The Morgan fingerprint density at radius 3 is 1.91 bits per heavy atom. The zero-order valence-electron chi connectivity index (χ0n) is 10.3. The topological polar surface area (TPSA) is 0 Å². The van der Waals surface area contributed by atoms with Crippen LogP contribution in [-0.4, -0.2) is 23.1 Å². The summed E-state index contributed by atoms with van der Waals surface area (Å²) in [5.41, 5.74) is 0. The molecule has 1 aliphatic rings. The minimum absolute atomic E-state index is 0. The summed E-state index contributed by atoms with van der Waals surface area (Å²) in [5.74, 6) is 2.97. The van der Waals surface area contributed by atoms with Crippen LogP contribution in [0.4, 0.5) is 0 Å². The predicted molar refractivity (Wildman–Crippen MR) is 53.9 cm³/mol. The van der Waals surface area contributed by atoms with Crippen LogP contribution in [0.15, 0.2) is 0 Å². The summed E-state index contributed by atoms with van der Waals surface area (Å²) in [4.78, 5) is 0. The molecule has 1 heteroatoms. The van der Waals surface area contributed by atoms with Gasteiger partial charge < -0.3 is 2.85 Å². The van der Waals surface area contributed by atoms with E-state index in [0.717, 1.165) is 17.8 Å². The molecular weight excluding hydrogens is 144 g/mol. The Hall–Kier alpha value is 0.766. The first kappa shape index (κ1) is 11.8. The molecule has 1 rings (SSSR count). The van der Waals surface area contributed by atoms with Gasteiger partial charge in [0.2, 0.25) is 0 Å². The average Bonchev–Trinajstić information content (AvgIpc) is 1.88. The van der Waals surface area contributed by atoms with Crippen LogP contribution < -0.4 is 0 Å². The molecule has 0 bridgehead atoms. The van der Waals surface area contributed by atoms with E-state index in [9.17, 15) is 0 Å². The molecule has 0 unspecified atom stereocenters. The standard InChI is InChI=1S/C10H20.Mg.2H/c1-8(2)10-6-4-9(3)5-7-10;;;/h8-10H,4-7H2,1-3H3;;;/q;+2;2*-1. The van der Waals surface area contributed by atoms with Crippen LogP contribution in [0.3, 0.4) is 0 Å². The van der Waals surface area contributed by atoms with Crippen molar-refractivity contribution in [2.24, 2.45) is 17.8 Å². The van der Waals surface area contributed by atoms with Gasteiger partial charge in [0.1, 0.15) is 0 Å². The first-order valence-electron chi connectivity index (χ1n) is 4.70. The SMILES string of the molecule is CC1CCC(C(C)C)CC1.[H-].[H-].[Mg+2]. The molecule has 0 amide bonds. The maximum absolute atomic E-state index is 2.39. The van der Waals surface area contributed by atoms with Crippen molar-refractivity contribution in [1.29, 1.82) is 0 Å². The van der Waals surface area contributed by atoms with E-state index in [1.54, 1.807) is 0 Å². The van der Waals surface area contributed by atoms with Crippen LogP contribution in [0.5, 0.6) is 0 Å². The van der Waals surface area contributed by atoms with Crippen molar-refractivity contribution in [1.82, 2.24) is 0 Å². The molecule has 1 fully saturated rings. The van der Waals surface area contributed by atoms with Crippen molar-refractivity contribution < 1.29 is 2.85 Å². The molecule has 1 aliphatic carbocycles. The van der Waals surface area contributed by atoms with Crippen molar-refractivity contribution in [2.45, 2.75) is 46.5 Å². The Bertz CT molecular complexity index is 99.1. The van der Waals surface area contributed by atoms with Crippen LogP contribution in [0, 0.1) is 17.8 Å². The summed E-state index contributed by atoms with van der Waals surface area (Å²) in [5, 5.41) is 0. The molecule has 0 aliphatic heterocycles. The van der Waals surface area contributed by atoms with E-state index in [0.29, 0.717) is 0 Å². The van der Waals surface area contributed by atoms with E-state index in [4.69, 9.17) is 0 Å². The van der Waals surface area contributed by atoms with Crippen LogP contribution >= 0.6 is 0 Å². The van der Waals surface area contributed by atoms with Crippen LogP contribution in [-0.2, 0) is 0 Å². The molecule has 0 radical (unpaired) electrons. The summed E-state index contributed by atoms with van der Waals surface area (Å²) >= 11 is 0. The van der Waals surface area contributed by atoms with Gasteiger partial charge in [-0.3, -0.25) is 0 Å². The van der Waals surface area contributed by atoms with Crippen LogP contribution in [0.25, 0.3) is 0 Å². The number of hydrogen-bond acceptors (Lipinski definition) is 0. The summed E-state index contributed by atoms with van der Waals surface area (Å²) in [6.07, 6.45) is 5.92. The first-order chi connectivity index (χ1) is 4.70. The molecule has 0 nitrogen and oxygen atoms in total. The smallest absolute Gasteiger partial charge is 1.00 e. The molecule has 0 aromatic rings. The monoisotopic (exact) mass is 166 g/mol. The van der Waals surface area contributed by atoms with Gasteiger partial charge in [-0.2, -0.15) is 0 Å². The van der Waals surface area contributed by atoms with Crippen LogP contribution in [0.2, 0.25) is 0 Å². The average molecular weight is 167 g/mol. The minimum Gasteiger partial charge on any atom is -1.00 e. The van der Waals surface area contributed by atoms with Crippen molar-refractivity contribution in [3.05, 3.63) is 0 Å². The number of hydrogen-bond donors (Lipinski definition) is 0. The quantitative estimate of drug-likeness (QED) is 0.525. The van der Waals surface area contributed by atoms with E-state index < -0.39 is 0 Å². The van der Waals surface area contributed by atoms with E-state index in [2.05, 4.69) is 20.8 Å². The molecule has 1 saturated carbocycles. The second-order valence-corrected chi connectivity index (χ2v) is 4.26. The van der Waals surface area contributed by atoms with Gasteiger partial charge in [0, 0.05) is 0 Å². The van der Waals surface area contributed by atoms with Crippen molar-refractivity contribution in [2.75, 3.05) is 0 Å². The Morgan fingerprint density at radius 2 is 1.55 bits per heavy atom. The molecule has 0 N–H and O–H groups in total. The molecule has 0 heterocycles. The fourth-order valence-electron chi connectivity index (χ4n) is 1.95. The molecule has 0 aromatic carbocycles. The molecule has 0 aromatic heterocycles. The third kappa shape index (κ3) is 3.79. The molecular formula is C10H22Mg. The predicted octanol–water partition coefficient (Wildman–Crippen LogP) is 3.31. The summed E-state index contributed by atoms with van der Waals surface area (Å²) in [6.45, 7) is 7.11. The Kier molecular flexibility index (Phi) is 5.80. The van der Waals surface area contributed by atoms with Gasteiger partial charge >= 0.3 is 23.1 Å². The van der Waals surface area contributed by atoms with E-state index in [1.807, 2.05) is 0 Å². The van der Waals surface area contributed by atoms with Gasteiger partial charge in [0.15, 0.2) is 0 Å². The second-order valence-electron chi connectivity index (χ2n) is 4.26. The Labute approximate surface area is 90.3 Å². The molecule has 11 heavy (non-hydrogen) atoms. The minimum atomic E-state index is 0. The summed E-state index contributed by atoms with van der Waals surface area (Å²) < 4.78 is 0. The Balaban J connectivity index is -0.000000333. The van der Waals surface area contributed by atoms with Gasteiger partial charge in [0.25, 0.3) is 0 Å². The number of rotatable bonds is 1. The van der Waals surface area contributed by atoms with Gasteiger partial charge in [-0.1, -0.05) is 33.6 Å². The molecule has 64 valence electrons. The Morgan fingerprint density at radius 1 is 1.09 bits per heavy atom. The molecule has 0 saturated heterocycles. The van der Waals surface area contributed by atoms with Crippen LogP contribution in [0.1, 0.15) is 49.3 Å². The fourth-order valence-corrected chi connectivity index (χ4v) is 1.95. The fraction of sp³-hybridized carbons (Fsp3) is 1.00. The third-order valence-electron chi connectivity index (χ3n) is 3.00. The molecule has 0 atom stereocenters. The van der Waals surface area contributed by atoms with E-state index >= 15 is 0 Å². The first-order valence-corrected chi connectivity index (χ1v) is 4.70. The van der Waals surface area contributed by atoms with E-state index in [-0.39, 0.29) is 25.9 Å². The van der Waals surface area contributed by atoms with Gasteiger partial charge in [-0.15, -0.1) is 0 Å². The van der Waals surface area contributed by atoms with Crippen molar-refractivity contribution in [3.63, 3.8) is 0 Å². The third-order valence-corrected chi connectivity index (χ3v) is 3.00. The summed E-state index contributed by atoms with van der Waals surface area (Å²) in [6, 6.07) is 0. The normalized spacial score (nSPS) is 31.6. The largest absolute Gasteiger partial charge is 2.00 e. The zero-order chi connectivity index (χ0) is 7.56. The van der Waals surface area contributed by atoms with Crippen molar-refractivity contribution >= 4 is 23.1 Å². The maximum atomic E-state index is 2.39. The maximum Gasteiger partial charge on any atom is 2.00 e. The van der Waals surface area contributed by atoms with Crippen molar-refractivity contribution in [3.8, 4) is 0 Å². The van der Waals surface area contributed by atoms with Gasteiger partial charge in [-0.05, 0) is 30.6 Å².